The van der Waals surface area contributed by atoms with Crippen LogP contribution in [0.2, 0.25) is 0 Å². The van der Waals surface area contributed by atoms with E-state index in [9.17, 15) is 4.79 Å². The number of carboxylic acids is 1. The van der Waals surface area contributed by atoms with Crippen LogP contribution in [-0.2, 0) is 11.2 Å². The third-order valence-corrected chi connectivity index (χ3v) is 3.81. The number of ether oxygens (including phenoxy) is 2. The van der Waals surface area contributed by atoms with Gasteiger partial charge in [0.2, 0.25) is 0 Å². The van der Waals surface area contributed by atoms with Crippen LogP contribution in [0.4, 0.5) is 0 Å². The van der Waals surface area contributed by atoms with Gasteiger partial charge in [0.25, 0.3) is 0 Å². The zero-order valence-corrected chi connectivity index (χ0v) is 14.4. The molecule has 0 aliphatic rings. The molecule has 23 heavy (non-hydrogen) atoms. The van der Waals surface area contributed by atoms with Crippen molar-refractivity contribution in [2.45, 2.75) is 40.0 Å². The monoisotopic (exact) mass is 323 g/mol. The van der Waals surface area contributed by atoms with Gasteiger partial charge in [0.05, 0.1) is 19.1 Å². The molecule has 0 aliphatic heterocycles. The van der Waals surface area contributed by atoms with Crippen LogP contribution in [0.25, 0.3) is 0 Å². The molecule has 0 amide bonds. The molecule has 2 atom stereocenters. The topological polar surface area (TPSA) is 81.8 Å². The summed E-state index contributed by atoms with van der Waals surface area (Å²) in [4.78, 5) is 11.1. The Bertz CT molecular complexity index is 466. The maximum absolute atomic E-state index is 11.1. The van der Waals surface area contributed by atoms with Gasteiger partial charge in [-0.05, 0) is 56.7 Å². The van der Waals surface area contributed by atoms with Gasteiger partial charge in [-0.2, -0.15) is 0 Å². The lowest BCUT2D eigenvalue weighted by Crippen LogP contribution is -2.25. The number of rotatable bonds is 11. The number of carboxylic acid groups (broad SMARTS) is 1. The van der Waals surface area contributed by atoms with E-state index < -0.39 is 11.9 Å². The highest BCUT2D eigenvalue weighted by atomic mass is 16.5. The van der Waals surface area contributed by atoms with Gasteiger partial charge in [0, 0.05) is 12.6 Å². The van der Waals surface area contributed by atoms with Crippen LogP contribution in [0.1, 0.15) is 39.2 Å². The lowest BCUT2D eigenvalue weighted by Gasteiger charge is -2.17. The molecular formula is C18H29NO4. The minimum Gasteiger partial charge on any atom is -0.494 e. The van der Waals surface area contributed by atoms with Crippen LogP contribution in [0.3, 0.4) is 0 Å². The van der Waals surface area contributed by atoms with Crippen molar-refractivity contribution in [3.05, 3.63) is 23.8 Å². The molecule has 0 saturated heterocycles. The smallest absolute Gasteiger partial charge is 0.307 e. The minimum absolute atomic E-state index is 0.188. The quantitative estimate of drug-likeness (QED) is 0.654. The fourth-order valence-corrected chi connectivity index (χ4v) is 2.59. The minimum atomic E-state index is -0.809. The summed E-state index contributed by atoms with van der Waals surface area (Å²) in [6.45, 7) is 7.39. The Morgan fingerprint density at radius 1 is 1.17 bits per heavy atom. The van der Waals surface area contributed by atoms with E-state index in [0.29, 0.717) is 25.6 Å². The molecule has 0 bridgehead atoms. The van der Waals surface area contributed by atoms with Gasteiger partial charge < -0.3 is 20.3 Å². The number of aryl methyl sites for hydroxylation is 1. The van der Waals surface area contributed by atoms with Gasteiger partial charge in [0.1, 0.15) is 11.5 Å². The van der Waals surface area contributed by atoms with Gasteiger partial charge in [0.15, 0.2) is 0 Å². The van der Waals surface area contributed by atoms with Crippen molar-refractivity contribution in [3.63, 3.8) is 0 Å². The van der Waals surface area contributed by atoms with Gasteiger partial charge in [-0.25, -0.2) is 0 Å². The van der Waals surface area contributed by atoms with E-state index in [-0.39, 0.29) is 6.54 Å². The third-order valence-electron chi connectivity index (χ3n) is 3.81. The molecule has 5 nitrogen and oxygen atoms in total. The molecule has 0 saturated carbocycles. The third kappa shape index (κ3) is 6.91. The van der Waals surface area contributed by atoms with Gasteiger partial charge in [-0.1, -0.05) is 6.92 Å². The molecule has 0 radical (unpaired) electrons. The first-order valence-electron chi connectivity index (χ1n) is 8.32. The molecule has 0 fully saturated rings. The molecule has 3 N–H and O–H groups in total. The number of aliphatic carboxylic acids is 1. The van der Waals surface area contributed by atoms with Crippen molar-refractivity contribution in [3.8, 4) is 11.5 Å². The first-order valence-corrected chi connectivity index (χ1v) is 8.32. The normalized spacial score (nSPS) is 13.4. The zero-order chi connectivity index (χ0) is 17.2. The zero-order valence-electron chi connectivity index (χ0n) is 14.4. The predicted octanol–water partition coefficient (Wildman–Crippen LogP) is 3.10. The lowest BCUT2D eigenvalue weighted by molar-refractivity contribution is -0.141. The predicted molar refractivity (Wildman–Crippen MR) is 91.1 cm³/mol. The van der Waals surface area contributed by atoms with Crippen molar-refractivity contribution >= 4 is 5.97 Å². The fraction of sp³-hybridized carbons (Fsp3) is 0.611. The molecule has 0 aliphatic carbocycles. The maximum atomic E-state index is 11.1. The Hall–Kier alpha value is -1.75. The highest BCUT2D eigenvalue weighted by Gasteiger charge is 2.18. The Morgan fingerprint density at radius 2 is 1.74 bits per heavy atom. The largest absolute Gasteiger partial charge is 0.494 e. The average molecular weight is 323 g/mol. The SMILES string of the molecule is CCOc1cc(CCC(C)CC(CN)C(=O)O)cc(OCC)c1. The summed E-state index contributed by atoms with van der Waals surface area (Å²) in [6, 6.07) is 5.95. The summed E-state index contributed by atoms with van der Waals surface area (Å²) < 4.78 is 11.2. The van der Waals surface area contributed by atoms with Crippen LogP contribution >= 0.6 is 0 Å². The van der Waals surface area contributed by atoms with Crippen LogP contribution in [-0.4, -0.2) is 30.8 Å². The summed E-state index contributed by atoms with van der Waals surface area (Å²) >= 11 is 0. The molecule has 0 aromatic heterocycles. The summed E-state index contributed by atoms with van der Waals surface area (Å²) in [5.74, 6) is 0.652. The molecule has 1 aromatic carbocycles. The van der Waals surface area contributed by atoms with Gasteiger partial charge in [-0.15, -0.1) is 0 Å². The highest BCUT2D eigenvalue weighted by molar-refractivity contribution is 5.70. The summed E-state index contributed by atoms with van der Waals surface area (Å²) in [6.07, 6.45) is 2.37. The second-order valence-electron chi connectivity index (χ2n) is 5.83. The van der Waals surface area contributed by atoms with E-state index in [1.807, 2.05) is 32.0 Å². The Kier molecular flexibility index (Phi) is 8.48. The number of hydrogen-bond acceptors (Lipinski definition) is 4. The molecule has 0 heterocycles. The molecule has 1 rings (SSSR count). The summed E-state index contributed by atoms with van der Waals surface area (Å²) in [5, 5.41) is 9.09. The van der Waals surface area contributed by atoms with Crippen molar-refractivity contribution in [1.29, 1.82) is 0 Å². The number of nitrogens with two attached hydrogens (primary N) is 1. The molecular weight excluding hydrogens is 294 g/mol. The first-order chi connectivity index (χ1) is 11.0. The standard InChI is InChI=1S/C18H29NO4/c1-4-22-16-9-14(10-17(11-16)23-5-2)7-6-13(3)8-15(12-19)18(20)21/h9-11,13,15H,4-8,12,19H2,1-3H3,(H,20,21). The van der Waals surface area contributed by atoms with Crippen LogP contribution in [0.5, 0.6) is 11.5 Å². The van der Waals surface area contributed by atoms with Crippen LogP contribution in [0, 0.1) is 11.8 Å². The van der Waals surface area contributed by atoms with Crippen LogP contribution < -0.4 is 15.2 Å². The van der Waals surface area contributed by atoms with E-state index >= 15 is 0 Å². The van der Waals surface area contributed by atoms with Crippen LogP contribution in [0.15, 0.2) is 18.2 Å². The summed E-state index contributed by atoms with van der Waals surface area (Å²) in [5.41, 5.74) is 6.67. The first kappa shape index (κ1) is 19.3. The van der Waals surface area contributed by atoms with E-state index in [1.54, 1.807) is 0 Å². The molecule has 0 spiro atoms. The van der Waals surface area contributed by atoms with Crippen molar-refractivity contribution in [2.24, 2.45) is 17.6 Å². The molecule has 5 heteroatoms. The molecule has 130 valence electrons. The van der Waals surface area contributed by atoms with Crippen molar-refractivity contribution in [2.75, 3.05) is 19.8 Å². The Balaban J connectivity index is 2.66. The van der Waals surface area contributed by atoms with Crippen molar-refractivity contribution < 1.29 is 19.4 Å². The second-order valence-corrected chi connectivity index (χ2v) is 5.83. The number of hydrogen-bond donors (Lipinski definition) is 2. The van der Waals surface area contributed by atoms with E-state index in [2.05, 4.69) is 6.92 Å². The Morgan fingerprint density at radius 3 is 2.17 bits per heavy atom. The number of benzene rings is 1. The number of carbonyl (C=O) groups is 1. The summed E-state index contributed by atoms with van der Waals surface area (Å²) in [7, 11) is 0. The van der Waals surface area contributed by atoms with E-state index in [4.69, 9.17) is 20.3 Å². The van der Waals surface area contributed by atoms with Gasteiger partial charge in [-0.3, -0.25) is 4.79 Å². The van der Waals surface area contributed by atoms with Gasteiger partial charge >= 0.3 is 5.97 Å². The highest BCUT2D eigenvalue weighted by Crippen LogP contribution is 2.26. The average Bonchev–Trinajstić information content (AvgIpc) is 2.51. The fourth-order valence-electron chi connectivity index (χ4n) is 2.59. The molecule has 1 aromatic rings. The lowest BCUT2D eigenvalue weighted by atomic mass is 9.91. The van der Waals surface area contributed by atoms with E-state index in [0.717, 1.165) is 29.9 Å². The Labute approximate surface area is 138 Å². The maximum Gasteiger partial charge on any atom is 0.307 e. The van der Waals surface area contributed by atoms with Crippen molar-refractivity contribution in [1.82, 2.24) is 0 Å². The second kappa shape index (κ2) is 10.1. The van der Waals surface area contributed by atoms with E-state index in [1.165, 1.54) is 0 Å². The molecule has 2 unspecified atom stereocenters.